The first-order valence-corrected chi connectivity index (χ1v) is 11.7. The number of carbonyl (C=O) groups is 2. The fraction of sp³-hybridized carbons (Fsp3) is 0.481. The van der Waals surface area contributed by atoms with E-state index in [0.717, 1.165) is 30.4 Å². The summed E-state index contributed by atoms with van der Waals surface area (Å²) in [6, 6.07) is 14.8. The van der Waals surface area contributed by atoms with Crippen molar-refractivity contribution >= 4 is 11.9 Å². The molecule has 0 aliphatic heterocycles. The molecule has 2 aromatic carbocycles. The van der Waals surface area contributed by atoms with E-state index in [-0.39, 0.29) is 18.0 Å². The van der Waals surface area contributed by atoms with Gasteiger partial charge in [-0.25, -0.2) is 4.79 Å². The van der Waals surface area contributed by atoms with E-state index in [4.69, 9.17) is 9.47 Å². The Labute approximate surface area is 187 Å². The first-order chi connectivity index (χ1) is 15.0. The summed E-state index contributed by atoms with van der Waals surface area (Å²) >= 11 is 0. The summed E-state index contributed by atoms with van der Waals surface area (Å²) in [6.45, 7) is 6.08. The highest BCUT2D eigenvalue weighted by Gasteiger charge is 2.11. The summed E-state index contributed by atoms with van der Waals surface area (Å²) in [6.07, 6.45) is 9.42. The zero-order valence-corrected chi connectivity index (χ0v) is 19.2. The molecule has 0 saturated heterocycles. The lowest BCUT2D eigenvalue weighted by atomic mass is 10.0. The smallest absolute Gasteiger partial charge is 0.338 e. The van der Waals surface area contributed by atoms with Gasteiger partial charge in [-0.1, -0.05) is 76.6 Å². The van der Waals surface area contributed by atoms with Gasteiger partial charge in [0, 0.05) is 6.42 Å². The van der Waals surface area contributed by atoms with E-state index >= 15 is 0 Å². The lowest BCUT2D eigenvalue weighted by Gasteiger charge is -2.11. The maximum absolute atomic E-state index is 12.1. The van der Waals surface area contributed by atoms with Crippen LogP contribution in [0.2, 0.25) is 0 Å². The Morgan fingerprint density at radius 2 is 1.32 bits per heavy atom. The number of ether oxygens (including phenoxy) is 2. The second kappa shape index (κ2) is 13.6. The molecule has 0 spiro atoms. The van der Waals surface area contributed by atoms with Crippen molar-refractivity contribution in [2.24, 2.45) is 0 Å². The van der Waals surface area contributed by atoms with E-state index in [2.05, 4.69) is 6.92 Å². The minimum atomic E-state index is -0.302. The van der Waals surface area contributed by atoms with Gasteiger partial charge in [-0.05, 0) is 55.2 Å². The maximum Gasteiger partial charge on any atom is 0.338 e. The Morgan fingerprint density at radius 3 is 1.90 bits per heavy atom. The van der Waals surface area contributed by atoms with Crippen molar-refractivity contribution in [1.29, 1.82) is 0 Å². The largest absolute Gasteiger partial charge is 0.459 e. The molecular weight excluding hydrogens is 388 g/mol. The topological polar surface area (TPSA) is 52.6 Å². The predicted molar refractivity (Wildman–Crippen MR) is 125 cm³/mol. The van der Waals surface area contributed by atoms with Crippen LogP contribution < -0.4 is 4.74 Å². The van der Waals surface area contributed by atoms with Crippen molar-refractivity contribution < 1.29 is 19.1 Å². The summed E-state index contributed by atoms with van der Waals surface area (Å²) in [5, 5.41) is 0. The molecule has 4 heteroatoms. The molecule has 0 aliphatic carbocycles. The van der Waals surface area contributed by atoms with Gasteiger partial charge in [-0.2, -0.15) is 0 Å². The molecule has 2 aromatic rings. The van der Waals surface area contributed by atoms with Crippen LogP contribution in [0.5, 0.6) is 5.75 Å². The molecule has 168 valence electrons. The molecule has 4 nitrogen and oxygen atoms in total. The van der Waals surface area contributed by atoms with Crippen molar-refractivity contribution in [3.8, 4) is 16.9 Å². The number of hydrogen-bond donors (Lipinski definition) is 0. The number of carbonyl (C=O) groups excluding carboxylic acids is 2. The van der Waals surface area contributed by atoms with Crippen molar-refractivity contribution in [2.45, 2.75) is 84.7 Å². The molecule has 0 amide bonds. The van der Waals surface area contributed by atoms with Crippen LogP contribution in [0.1, 0.15) is 88.9 Å². The van der Waals surface area contributed by atoms with Gasteiger partial charge in [0.15, 0.2) is 0 Å². The van der Waals surface area contributed by atoms with E-state index in [1.54, 1.807) is 12.1 Å². The molecule has 0 aliphatic rings. The molecule has 0 radical (unpaired) electrons. The van der Waals surface area contributed by atoms with E-state index < -0.39 is 0 Å². The van der Waals surface area contributed by atoms with Crippen molar-refractivity contribution in [3.05, 3.63) is 54.1 Å². The van der Waals surface area contributed by atoms with Gasteiger partial charge in [-0.3, -0.25) is 4.79 Å². The standard InChI is InChI=1S/C27H36O4/c1-4-6-7-8-9-10-11-12-26(28)31-25-19-17-23(18-20-25)22-13-15-24(16-14-22)27(29)30-21(3)5-2/h13-21H,4-12H2,1-3H3. The monoisotopic (exact) mass is 424 g/mol. The molecule has 0 bridgehead atoms. The quantitative estimate of drug-likeness (QED) is 0.191. The van der Waals surface area contributed by atoms with Crippen LogP contribution in [0.3, 0.4) is 0 Å². The number of esters is 2. The maximum atomic E-state index is 12.1. The van der Waals surface area contributed by atoms with Crippen molar-refractivity contribution in [1.82, 2.24) is 0 Å². The summed E-state index contributed by atoms with van der Waals surface area (Å²) in [5.41, 5.74) is 2.52. The third kappa shape index (κ3) is 8.95. The third-order valence-electron chi connectivity index (χ3n) is 5.41. The van der Waals surface area contributed by atoms with E-state index in [0.29, 0.717) is 17.7 Å². The summed E-state index contributed by atoms with van der Waals surface area (Å²) in [4.78, 5) is 24.1. The minimum Gasteiger partial charge on any atom is -0.459 e. The van der Waals surface area contributed by atoms with Crippen molar-refractivity contribution in [3.63, 3.8) is 0 Å². The lowest BCUT2D eigenvalue weighted by Crippen LogP contribution is -2.13. The molecule has 0 fully saturated rings. The first-order valence-electron chi connectivity index (χ1n) is 11.7. The number of rotatable bonds is 13. The predicted octanol–water partition coefficient (Wildman–Crippen LogP) is 7.36. The molecule has 2 rings (SSSR count). The van der Waals surface area contributed by atoms with Crippen LogP contribution in [-0.2, 0) is 9.53 Å². The average molecular weight is 425 g/mol. The Hall–Kier alpha value is -2.62. The molecule has 0 saturated carbocycles. The van der Waals surface area contributed by atoms with Gasteiger partial charge in [0.25, 0.3) is 0 Å². The van der Waals surface area contributed by atoms with Gasteiger partial charge in [0.1, 0.15) is 5.75 Å². The molecule has 0 heterocycles. The van der Waals surface area contributed by atoms with E-state index in [1.165, 1.54) is 32.1 Å². The van der Waals surface area contributed by atoms with Gasteiger partial charge < -0.3 is 9.47 Å². The normalized spacial score (nSPS) is 11.7. The molecule has 31 heavy (non-hydrogen) atoms. The van der Waals surface area contributed by atoms with Crippen molar-refractivity contribution in [2.75, 3.05) is 0 Å². The highest BCUT2D eigenvalue weighted by molar-refractivity contribution is 5.90. The van der Waals surface area contributed by atoms with Crippen LogP contribution in [0, 0.1) is 0 Å². The minimum absolute atomic E-state index is 0.0896. The third-order valence-corrected chi connectivity index (χ3v) is 5.41. The highest BCUT2D eigenvalue weighted by atomic mass is 16.5. The first kappa shape index (κ1) is 24.6. The number of benzene rings is 2. The highest BCUT2D eigenvalue weighted by Crippen LogP contribution is 2.23. The SMILES string of the molecule is CCCCCCCCCC(=O)Oc1ccc(-c2ccc(C(=O)OC(C)CC)cc2)cc1. The van der Waals surface area contributed by atoms with Gasteiger partial charge in [0.2, 0.25) is 0 Å². The van der Waals surface area contributed by atoms with Crippen LogP contribution in [0.4, 0.5) is 0 Å². The molecule has 0 aromatic heterocycles. The average Bonchev–Trinajstić information content (AvgIpc) is 2.79. The summed E-state index contributed by atoms with van der Waals surface area (Å²) < 4.78 is 10.8. The Balaban J connectivity index is 1.79. The molecule has 0 N–H and O–H groups in total. The second-order valence-electron chi connectivity index (χ2n) is 8.07. The Kier molecular flexibility index (Phi) is 10.8. The number of hydrogen-bond acceptors (Lipinski definition) is 4. The lowest BCUT2D eigenvalue weighted by molar-refractivity contribution is -0.134. The second-order valence-corrected chi connectivity index (χ2v) is 8.07. The molecular formula is C27H36O4. The Morgan fingerprint density at radius 1 is 0.774 bits per heavy atom. The fourth-order valence-corrected chi connectivity index (χ4v) is 3.26. The molecule has 1 unspecified atom stereocenters. The van der Waals surface area contributed by atoms with E-state index in [1.807, 2.05) is 50.2 Å². The molecule has 1 atom stereocenters. The van der Waals surface area contributed by atoms with Crippen LogP contribution in [0.15, 0.2) is 48.5 Å². The zero-order chi connectivity index (χ0) is 22.5. The zero-order valence-electron chi connectivity index (χ0n) is 19.2. The summed E-state index contributed by atoms with van der Waals surface area (Å²) in [7, 11) is 0. The Bertz CT molecular complexity index is 793. The van der Waals surface area contributed by atoms with Gasteiger partial charge >= 0.3 is 11.9 Å². The number of unbranched alkanes of at least 4 members (excludes halogenated alkanes) is 6. The van der Waals surface area contributed by atoms with Crippen LogP contribution in [-0.4, -0.2) is 18.0 Å². The van der Waals surface area contributed by atoms with Gasteiger partial charge in [0.05, 0.1) is 11.7 Å². The fourth-order valence-electron chi connectivity index (χ4n) is 3.26. The van der Waals surface area contributed by atoms with E-state index in [9.17, 15) is 9.59 Å². The van der Waals surface area contributed by atoms with Gasteiger partial charge in [-0.15, -0.1) is 0 Å². The summed E-state index contributed by atoms with van der Waals surface area (Å²) in [5.74, 6) is 0.0834. The van der Waals surface area contributed by atoms with Crippen LogP contribution >= 0.6 is 0 Å². The van der Waals surface area contributed by atoms with Crippen LogP contribution in [0.25, 0.3) is 11.1 Å².